The van der Waals surface area contributed by atoms with Crippen molar-refractivity contribution in [3.05, 3.63) is 12.3 Å². The Balaban J connectivity index is 2.06. The van der Waals surface area contributed by atoms with Gasteiger partial charge in [-0.15, -0.1) is 0 Å². The molecule has 0 bridgehead atoms. The first kappa shape index (κ1) is 16.5. The molecule has 2 heterocycles. The van der Waals surface area contributed by atoms with E-state index in [0.29, 0.717) is 6.54 Å². The average Bonchev–Trinajstić information content (AvgIpc) is 2.43. The fraction of sp³-hybridized carbons (Fsp3) is 0.667. The van der Waals surface area contributed by atoms with E-state index in [0.717, 1.165) is 25.2 Å². The van der Waals surface area contributed by atoms with E-state index >= 15 is 0 Å². The van der Waals surface area contributed by atoms with Gasteiger partial charge in [0.25, 0.3) is 0 Å². The quantitative estimate of drug-likeness (QED) is 0.870. The maximum atomic E-state index is 11.4. The highest BCUT2D eigenvalue weighted by Crippen LogP contribution is 2.27. The van der Waals surface area contributed by atoms with Crippen molar-refractivity contribution in [2.24, 2.45) is 5.41 Å². The number of carboxylic acid groups (broad SMARTS) is 1. The predicted octanol–water partition coefficient (Wildman–Crippen LogP) is 1.54. The Labute approximate surface area is 130 Å². The SMILES string of the molecule is CC(C)(C)C(OC1CCCN(c2ccnc(N)n2)C1)C(=O)O. The second-order valence-electron chi connectivity index (χ2n) is 6.70. The number of aliphatic carboxylic acids is 1. The minimum atomic E-state index is -0.920. The standard InChI is InChI=1S/C15H24N4O3/c1-15(2,3)12(13(20)21)22-10-5-4-8-19(9-10)11-6-7-17-14(16)18-11/h6-7,10,12H,4-5,8-9H2,1-3H3,(H,20,21)(H2,16,17,18). The number of carboxylic acids is 1. The second kappa shape index (κ2) is 6.48. The summed E-state index contributed by atoms with van der Waals surface area (Å²) in [6.07, 6.45) is 2.43. The Morgan fingerprint density at radius 1 is 1.55 bits per heavy atom. The molecule has 0 saturated carbocycles. The summed E-state index contributed by atoms with van der Waals surface area (Å²) in [5.74, 6) is 0.0676. The van der Waals surface area contributed by atoms with Crippen molar-refractivity contribution in [2.45, 2.75) is 45.8 Å². The molecule has 0 amide bonds. The van der Waals surface area contributed by atoms with Gasteiger partial charge in [-0.1, -0.05) is 20.8 Å². The van der Waals surface area contributed by atoms with Crippen molar-refractivity contribution in [1.82, 2.24) is 9.97 Å². The van der Waals surface area contributed by atoms with Crippen molar-refractivity contribution in [3.63, 3.8) is 0 Å². The van der Waals surface area contributed by atoms with Crippen LogP contribution >= 0.6 is 0 Å². The van der Waals surface area contributed by atoms with Crippen LogP contribution in [0.2, 0.25) is 0 Å². The van der Waals surface area contributed by atoms with Crippen molar-refractivity contribution >= 4 is 17.7 Å². The minimum absolute atomic E-state index is 0.134. The molecule has 0 aliphatic carbocycles. The zero-order valence-corrected chi connectivity index (χ0v) is 13.3. The average molecular weight is 308 g/mol. The predicted molar refractivity (Wildman–Crippen MR) is 83.6 cm³/mol. The van der Waals surface area contributed by atoms with Crippen LogP contribution in [0.15, 0.2) is 12.3 Å². The van der Waals surface area contributed by atoms with E-state index < -0.39 is 17.5 Å². The minimum Gasteiger partial charge on any atom is -0.479 e. The first-order chi connectivity index (χ1) is 10.3. The largest absolute Gasteiger partial charge is 0.479 e. The van der Waals surface area contributed by atoms with Crippen LogP contribution in [-0.4, -0.2) is 46.3 Å². The summed E-state index contributed by atoms with van der Waals surface area (Å²) >= 11 is 0. The number of ether oxygens (including phenoxy) is 1. The molecule has 1 aromatic rings. The van der Waals surface area contributed by atoms with Gasteiger partial charge >= 0.3 is 5.97 Å². The van der Waals surface area contributed by atoms with E-state index in [4.69, 9.17) is 10.5 Å². The Morgan fingerprint density at radius 2 is 2.27 bits per heavy atom. The van der Waals surface area contributed by atoms with E-state index in [1.165, 1.54) is 0 Å². The van der Waals surface area contributed by atoms with Crippen LogP contribution in [0.4, 0.5) is 11.8 Å². The van der Waals surface area contributed by atoms with Crippen LogP contribution in [0, 0.1) is 5.41 Å². The van der Waals surface area contributed by atoms with E-state index in [-0.39, 0.29) is 12.1 Å². The maximum absolute atomic E-state index is 11.4. The third-order valence-electron chi connectivity index (χ3n) is 3.70. The summed E-state index contributed by atoms with van der Waals surface area (Å²) in [6.45, 7) is 7.08. The summed E-state index contributed by atoms with van der Waals surface area (Å²) in [7, 11) is 0. The number of piperidine rings is 1. The number of hydrogen-bond acceptors (Lipinski definition) is 6. The molecule has 2 unspecified atom stereocenters. The lowest BCUT2D eigenvalue weighted by atomic mass is 9.88. The normalized spacial score (nSPS) is 20.7. The van der Waals surface area contributed by atoms with Crippen LogP contribution in [0.25, 0.3) is 0 Å². The molecule has 1 saturated heterocycles. The number of carbonyl (C=O) groups is 1. The van der Waals surface area contributed by atoms with Gasteiger partial charge in [0.2, 0.25) is 5.95 Å². The number of hydrogen-bond donors (Lipinski definition) is 2. The number of nitrogens with two attached hydrogens (primary N) is 1. The van der Waals surface area contributed by atoms with Gasteiger partial charge in [0.1, 0.15) is 5.82 Å². The lowest BCUT2D eigenvalue weighted by Gasteiger charge is -2.37. The van der Waals surface area contributed by atoms with Gasteiger partial charge in [-0.2, -0.15) is 4.98 Å². The van der Waals surface area contributed by atoms with Crippen molar-refractivity contribution in [3.8, 4) is 0 Å². The van der Waals surface area contributed by atoms with Gasteiger partial charge in [-0.05, 0) is 24.3 Å². The van der Waals surface area contributed by atoms with Gasteiger partial charge in [0, 0.05) is 19.3 Å². The van der Waals surface area contributed by atoms with E-state index in [2.05, 4.69) is 14.9 Å². The van der Waals surface area contributed by atoms with Crippen LogP contribution in [0.1, 0.15) is 33.6 Å². The third-order valence-corrected chi connectivity index (χ3v) is 3.70. The molecule has 1 aliphatic heterocycles. The molecule has 122 valence electrons. The summed E-state index contributed by atoms with van der Waals surface area (Å²) in [5, 5.41) is 9.38. The number of nitrogen functional groups attached to an aromatic ring is 1. The molecule has 1 fully saturated rings. The highest BCUT2D eigenvalue weighted by atomic mass is 16.5. The summed E-state index contributed by atoms with van der Waals surface area (Å²) in [5.41, 5.74) is 5.17. The van der Waals surface area contributed by atoms with Gasteiger partial charge in [-0.25, -0.2) is 9.78 Å². The molecular weight excluding hydrogens is 284 g/mol. The molecular formula is C15H24N4O3. The van der Waals surface area contributed by atoms with Gasteiger partial charge in [0.05, 0.1) is 6.10 Å². The molecule has 7 nitrogen and oxygen atoms in total. The number of anilines is 2. The molecule has 7 heteroatoms. The van der Waals surface area contributed by atoms with Crippen molar-refractivity contribution in [2.75, 3.05) is 23.7 Å². The van der Waals surface area contributed by atoms with Crippen LogP contribution in [-0.2, 0) is 9.53 Å². The Bertz CT molecular complexity index is 530. The Hall–Kier alpha value is -1.89. The molecule has 1 aromatic heterocycles. The lowest BCUT2D eigenvalue weighted by Crippen LogP contribution is -2.46. The van der Waals surface area contributed by atoms with E-state index in [9.17, 15) is 9.90 Å². The first-order valence-electron chi connectivity index (χ1n) is 7.49. The third kappa shape index (κ3) is 4.07. The summed E-state index contributed by atoms with van der Waals surface area (Å²) < 4.78 is 5.88. The van der Waals surface area contributed by atoms with Crippen molar-refractivity contribution < 1.29 is 14.6 Å². The molecule has 2 atom stereocenters. The highest BCUT2D eigenvalue weighted by molar-refractivity contribution is 5.73. The highest BCUT2D eigenvalue weighted by Gasteiger charge is 2.35. The molecule has 1 aliphatic rings. The summed E-state index contributed by atoms with van der Waals surface area (Å²) in [4.78, 5) is 21.6. The fourth-order valence-electron chi connectivity index (χ4n) is 2.62. The van der Waals surface area contributed by atoms with E-state index in [1.807, 2.05) is 20.8 Å². The number of nitrogens with zero attached hydrogens (tertiary/aromatic N) is 3. The molecule has 0 radical (unpaired) electrons. The number of aromatic nitrogens is 2. The molecule has 3 N–H and O–H groups in total. The van der Waals surface area contributed by atoms with Crippen LogP contribution < -0.4 is 10.6 Å². The topological polar surface area (TPSA) is 102 Å². The molecule has 0 spiro atoms. The first-order valence-corrected chi connectivity index (χ1v) is 7.49. The second-order valence-corrected chi connectivity index (χ2v) is 6.70. The fourth-order valence-corrected chi connectivity index (χ4v) is 2.62. The molecule has 22 heavy (non-hydrogen) atoms. The summed E-state index contributed by atoms with van der Waals surface area (Å²) in [6, 6.07) is 1.80. The Kier molecular flexibility index (Phi) is 4.85. The van der Waals surface area contributed by atoms with Crippen LogP contribution in [0.5, 0.6) is 0 Å². The van der Waals surface area contributed by atoms with Gasteiger partial charge in [-0.3, -0.25) is 0 Å². The zero-order chi connectivity index (χ0) is 16.3. The monoisotopic (exact) mass is 308 g/mol. The van der Waals surface area contributed by atoms with Crippen LogP contribution in [0.3, 0.4) is 0 Å². The maximum Gasteiger partial charge on any atom is 0.333 e. The number of rotatable bonds is 4. The zero-order valence-electron chi connectivity index (χ0n) is 13.3. The van der Waals surface area contributed by atoms with Gasteiger partial charge < -0.3 is 20.5 Å². The molecule has 0 aromatic carbocycles. The van der Waals surface area contributed by atoms with Crippen molar-refractivity contribution in [1.29, 1.82) is 0 Å². The Morgan fingerprint density at radius 3 is 2.86 bits per heavy atom. The lowest BCUT2D eigenvalue weighted by molar-refractivity contribution is -0.164. The van der Waals surface area contributed by atoms with Gasteiger partial charge in [0.15, 0.2) is 6.10 Å². The smallest absolute Gasteiger partial charge is 0.333 e. The molecule has 2 rings (SSSR count). The van der Waals surface area contributed by atoms with E-state index in [1.54, 1.807) is 12.3 Å².